The fraction of sp³-hybridized carbons (Fsp3) is 0.133. The molecule has 0 aliphatic carbocycles. The molecule has 0 amide bonds. The maximum absolute atomic E-state index is 12.6. The molecule has 0 aliphatic heterocycles. The Hall–Kier alpha value is -2.90. The molecule has 0 radical (unpaired) electrons. The molecule has 0 saturated carbocycles. The Morgan fingerprint density at radius 3 is 2.17 bits per heavy atom. The Morgan fingerprint density at radius 2 is 1.70 bits per heavy atom. The predicted molar refractivity (Wildman–Crippen MR) is 74.9 cm³/mol. The number of carbonyl (C=O) groups excluding carboxylic acids is 1. The lowest BCUT2D eigenvalue weighted by Crippen LogP contribution is -2.04. The Labute approximate surface area is 128 Å². The van der Waals surface area contributed by atoms with Crippen molar-refractivity contribution in [3.63, 3.8) is 0 Å². The van der Waals surface area contributed by atoms with Crippen molar-refractivity contribution >= 4 is 11.7 Å². The van der Waals surface area contributed by atoms with Crippen LogP contribution in [0.25, 0.3) is 11.1 Å². The van der Waals surface area contributed by atoms with Crippen LogP contribution in [0.3, 0.4) is 0 Å². The zero-order valence-electron chi connectivity index (χ0n) is 11.8. The van der Waals surface area contributed by atoms with E-state index in [9.17, 15) is 28.1 Å². The molecule has 0 heterocycles. The van der Waals surface area contributed by atoms with Gasteiger partial charge in [-0.25, -0.2) is 4.79 Å². The van der Waals surface area contributed by atoms with E-state index in [1.54, 1.807) is 0 Å². The van der Waals surface area contributed by atoms with Gasteiger partial charge >= 0.3 is 12.1 Å². The van der Waals surface area contributed by atoms with Gasteiger partial charge in [0.25, 0.3) is 5.69 Å². The van der Waals surface area contributed by atoms with Gasteiger partial charge in [0.1, 0.15) is 0 Å². The number of nitro groups is 1. The van der Waals surface area contributed by atoms with Gasteiger partial charge in [0.05, 0.1) is 23.2 Å². The lowest BCUT2D eigenvalue weighted by Gasteiger charge is -2.09. The summed E-state index contributed by atoms with van der Waals surface area (Å²) in [4.78, 5) is 21.8. The van der Waals surface area contributed by atoms with E-state index < -0.39 is 22.6 Å². The van der Waals surface area contributed by atoms with Gasteiger partial charge in [-0.3, -0.25) is 10.1 Å². The zero-order valence-corrected chi connectivity index (χ0v) is 11.8. The number of carbonyl (C=O) groups is 1. The van der Waals surface area contributed by atoms with Crippen LogP contribution < -0.4 is 0 Å². The minimum atomic E-state index is -4.47. The van der Waals surface area contributed by atoms with Crippen molar-refractivity contribution in [1.82, 2.24) is 0 Å². The van der Waals surface area contributed by atoms with E-state index in [1.165, 1.54) is 24.3 Å². The number of hydrogen-bond acceptors (Lipinski definition) is 4. The van der Waals surface area contributed by atoms with Crippen LogP contribution in [0.1, 0.15) is 15.9 Å². The summed E-state index contributed by atoms with van der Waals surface area (Å²) in [7, 11) is 1.12. The number of halogens is 3. The summed E-state index contributed by atoms with van der Waals surface area (Å²) in [5.41, 5.74) is -0.695. The van der Waals surface area contributed by atoms with Crippen LogP contribution in [0, 0.1) is 10.1 Å². The normalized spacial score (nSPS) is 11.1. The first-order chi connectivity index (χ1) is 10.7. The highest BCUT2D eigenvalue weighted by molar-refractivity contribution is 5.92. The first-order valence-electron chi connectivity index (χ1n) is 6.28. The average Bonchev–Trinajstić information content (AvgIpc) is 2.52. The molecular formula is C15H10F3NO4. The summed E-state index contributed by atoms with van der Waals surface area (Å²) in [6.07, 6.45) is -4.47. The lowest BCUT2D eigenvalue weighted by atomic mass is 10.0. The minimum absolute atomic E-state index is 0.0587. The van der Waals surface area contributed by atoms with Crippen LogP contribution in [0.5, 0.6) is 0 Å². The van der Waals surface area contributed by atoms with Gasteiger partial charge in [-0.1, -0.05) is 12.1 Å². The second kappa shape index (κ2) is 6.07. The third-order valence-corrected chi connectivity index (χ3v) is 3.10. The second-order valence-corrected chi connectivity index (χ2v) is 4.59. The topological polar surface area (TPSA) is 69.4 Å². The summed E-state index contributed by atoms with van der Waals surface area (Å²) in [6, 6.07) is 7.64. The molecule has 2 aromatic rings. The Balaban J connectivity index is 2.51. The standard InChI is InChI=1S/C15H10F3NO4/c1-23-14(20)11-6-10(7-13(8-11)19(21)22)9-2-4-12(5-3-9)15(16,17)18/h2-8H,1H3. The molecule has 120 valence electrons. The highest BCUT2D eigenvalue weighted by atomic mass is 19.4. The molecule has 8 heteroatoms. The maximum atomic E-state index is 12.6. The van der Waals surface area contributed by atoms with E-state index in [-0.39, 0.29) is 16.8 Å². The molecule has 0 atom stereocenters. The maximum Gasteiger partial charge on any atom is 0.416 e. The van der Waals surface area contributed by atoms with Crippen molar-refractivity contribution in [3.05, 3.63) is 63.7 Å². The predicted octanol–water partition coefficient (Wildman–Crippen LogP) is 4.07. The SMILES string of the molecule is COC(=O)c1cc(-c2ccc(C(F)(F)F)cc2)cc([N+](=O)[O-])c1. The minimum Gasteiger partial charge on any atom is -0.465 e. The fourth-order valence-corrected chi connectivity index (χ4v) is 1.97. The molecule has 0 bridgehead atoms. The van der Waals surface area contributed by atoms with Crippen molar-refractivity contribution in [3.8, 4) is 11.1 Å². The van der Waals surface area contributed by atoms with Crippen molar-refractivity contribution < 1.29 is 27.6 Å². The van der Waals surface area contributed by atoms with E-state index in [4.69, 9.17) is 0 Å². The number of alkyl halides is 3. The van der Waals surface area contributed by atoms with E-state index in [0.29, 0.717) is 5.56 Å². The summed E-state index contributed by atoms with van der Waals surface area (Å²) in [5.74, 6) is -0.776. The number of benzene rings is 2. The van der Waals surface area contributed by atoms with Crippen LogP contribution in [0.2, 0.25) is 0 Å². The molecule has 5 nitrogen and oxygen atoms in total. The van der Waals surface area contributed by atoms with E-state index >= 15 is 0 Å². The highest BCUT2D eigenvalue weighted by Crippen LogP contribution is 2.32. The third-order valence-electron chi connectivity index (χ3n) is 3.10. The quantitative estimate of drug-likeness (QED) is 0.484. The third kappa shape index (κ3) is 3.65. The number of nitro benzene ring substituents is 1. The molecular weight excluding hydrogens is 315 g/mol. The van der Waals surface area contributed by atoms with E-state index in [1.807, 2.05) is 0 Å². The number of hydrogen-bond donors (Lipinski definition) is 0. The molecule has 0 aliphatic rings. The monoisotopic (exact) mass is 325 g/mol. The largest absolute Gasteiger partial charge is 0.465 e. The second-order valence-electron chi connectivity index (χ2n) is 4.59. The van der Waals surface area contributed by atoms with Crippen molar-refractivity contribution in [2.45, 2.75) is 6.18 Å². The molecule has 0 aromatic heterocycles. The number of non-ortho nitro benzene ring substituents is 1. The Bertz CT molecular complexity index is 754. The van der Waals surface area contributed by atoms with Crippen molar-refractivity contribution in [1.29, 1.82) is 0 Å². The Morgan fingerprint density at radius 1 is 1.09 bits per heavy atom. The van der Waals surface area contributed by atoms with Gasteiger partial charge in [0.15, 0.2) is 0 Å². The van der Waals surface area contributed by atoms with Gasteiger partial charge in [-0.15, -0.1) is 0 Å². The van der Waals surface area contributed by atoms with Gasteiger partial charge in [-0.05, 0) is 29.3 Å². The van der Waals surface area contributed by atoms with Gasteiger partial charge in [0, 0.05) is 12.1 Å². The first-order valence-corrected chi connectivity index (χ1v) is 6.28. The van der Waals surface area contributed by atoms with Gasteiger partial charge in [0.2, 0.25) is 0 Å². The molecule has 23 heavy (non-hydrogen) atoms. The summed E-state index contributed by atoms with van der Waals surface area (Å²) >= 11 is 0. The number of methoxy groups -OCH3 is 1. The summed E-state index contributed by atoms with van der Waals surface area (Å²) in [6.45, 7) is 0. The van der Waals surface area contributed by atoms with Crippen molar-refractivity contribution in [2.24, 2.45) is 0 Å². The summed E-state index contributed by atoms with van der Waals surface area (Å²) < 4.78 is 42.2. The number of rotatable bonds is 3. The van der Waals surface area contributed by atoms with Crippen LogP contribution in [0.15, 0.2) is 42.5 Å². The molecule has 0 unspecified atom stereocenters. The number of ether oxygens (including phenoxy) is 1. The van der Waals surface area contributed by atoms with Crippen molar-refractivity contribution in [2.75, 3.05) is 7.11 Å². The van der Waals surface area contributed by atoms with Gasteiger partial charge in [-0.2, -0.15) is 13.2 Å². The lowest BCUT2D eigenvalue weighted by molar-refractivity contribution is -0.384. The highest BCUT2D eigenvalue weighted by Gasteiger charge is 2.30. The van der Waals surface area contributed by atoms with Gasteiger partial charge < -0.3 is 4.74 Å². The van der Waals surface area contributed by atoms with Crippen LogP contribution in [0.4, 0.5) is 18.9 Å². The van der Waals surface area contributed by atoms with Crippen LogP contribution in [-0.2, 0) is 10.9 Å². The number of esters is 1. The smallest absolute Gasteiger partial charge is 0.416 e. The molecule has 2 rings (SSSR count). The molecule has 0 N–H and O–H groups in total. The Kier molecular flexibility index (Phi) is 4.35. The molecule has 0 saturated heterocycles. The average molecular weight is 325 g/mol. The number of nitrogens with zero attached hydrogens (tertiary/aromatic N) is 1. The molecule has 0 spiro atoms. The zero-order chi connectivity index (χ0) is 17.2. The summed E-state index contributed by atoms with van der Waals surface area (Å²) in [5, 5.41) is 10.9. The fourth-order valence-electron chi connectivity index (χ4n) is 1.97. The first kappa shape index (κ1) is 16.5. The van der Waals surface area contributed by atoms with Crippen LogP contribution in [-0.4, -0.2) is 18.0 Å². The van der Waals surface area contributed by atoms with E-state index in [0.717, 1.165) is 25.3 Å². The molecule has 2 aromatic carbocycles. The van der Waals surface area contributed by atoms with Crippen LogP contribution >= 0.6 is 0 Å². The van der Waals surface area contributed by atoms with E-state index in [2.05, 4.69) is 4.74 Å². The molecule has 0 fully saturated rings.